The van der Waals surface area contributed by atoms with E-state index >= 15 is 0 Å². The van der Waals surface area contributed by atoms with Gasteiger partial charge in [0.2, 0.25) is 0 Å². The third kappa shape index (κ3) is 2.21. The number of rotatable bonds is 2. The van der Waals surface area contributed by atoms with E-state index < -0.39 is 0 Å². The molecule has 3 rings (SSSR count). The van der Waals surface area contributed by atoms with Gasteiger partial charge in [-0.15, -0.1) is 11.3 Å². The van der Waals surface area contributed by atoms with Crippen LogP contribution >= 0.6 is 27.3 Å². The molecular formula is C15H12BrNS. The molecule has 3 aromatic rings. The Hall–Kier alpha value is -1.16. The molecule has 0 radical (unpaired) electrons. The second-order valence-corrected chi connectivity index (χ2v) is 6.26. The molecule has 0 amide bonds. The molecule has 0 aliphatic carbocycles. The maximum atomic E-state index is 5.65. The summed E-state index contributed by atoms with van der Waals surface area (Å²) >= 11 is 5.26. The minimum atomic E-state index is 0.616. The van der Waals surface area contributed by atoms with Crippen LogP contribution in [0.25, 0.3) is 21.2 Å². The zero-order valence-corrected chi connectivity index (χ0v) is 12.1. The first-order valence-electron chi connectivity index (χ1n) is 5.75. The third-order valence-electron chi connectivity index (χ3n) is 2.95. The summed E-state index contributed by atoms with van der Waals surface area (Å²) in [5.74, 6) is 0. The fourth-order valence-corrected chi connectivity index (χ4v) is 3.27. The van der Waals surface area contributed by atoms with Crippen molar-refractivity contribution in [2.45, 2.75) is 6.54 Å². The van der Waals surface area contributed by atoms with Crippen LogP contribution in [0, 0.1) is 0 Å². The standard InChI is InChI=1S/C15H12BrNS/c16-13-4-3-10-7-12(2-1-11(10)8-13)15-6-5-14(9-17)18-15/h1-8H,9,17H2. The van der Waals surface area contributed by atoms with Crippen molar-refractivity contribution >= 4 is 38.0 Å². The van der Waals surface area contributed by atoms with Crippen LogP contribution in [-0.2, 0) is 6.54 Å². The van der Waals surface area contributed by atoms with Gasteiger partial charge in [-0.3, -0.25) is 0 Å². The van der Waals surface area contributed by atoms with Crippen LogP contribution in [0.1, 0.15) is 4.88 Å². The number of fused-ring (bicyclic) bond motifs is 1. The Morgan fingerprint density at radius 1 is 0.944 bits per heavy atom. The number of thiophene rings is 1. The Balaban J connectivity index is 2.10. The van der Waals surface area contributed by atoms with Crippen LogP contribution in [0.2, 0.25) is 0 Å². The molecular weight excluding hydrogens is 306 g/mol. The molecule has 0 aliphatic rings. The van der Waals surface area contributed by atoms with Crippen molar-refractivity contribution in [2.24, 2.45) is 5.73 Å². The van der Waals surface area contributed by atoms with Crippen molar-refractivity contribution in [1.29, 1.82) is 0 Å². The first-order valence-corrected chi connectivity index (χ1v) is 7.36. The first-order chi connectivity index (χ1) is 8.76. The van der Waals surface area contributed by atoms with Gasteiger partial charge in [-0.25, -0.2) is 0 Å². The second kappa shape index (κ2) is 4.84. The van der Waals surface area contributed by atoms with Gasteiger partial charge >= 0.3 is 0 Å². The summed E-state index contributed by atoms with van der Waals surface area (Å²) in [6.07, 6.45) is 0. The number of halogens is 1. The molecule has 0 bridgehead atoms. The summed E-state index contributed by atoms with van der Waals surface area (Å²) < 4.78 is 1.12. The lowest BCUT2D eigenvalue weighted by atomic mass is 10.1. The highest BCUT2D eigenvalue weighted by Gasteiger charge is 2.03. The van der Waals surface area contributed by atoms with Gasteiger partial charge in [-0.05, 0) is 46.7 Å². The van der Waals surface area contributed by atoms with Crippen molar-refractivity contribution in [3.05, 3.63) is 57.9 Å². The Bertz CT molecular complexity index is 703. The van der Waals surface area contributed by atoms with E-state index in [1.165, 1.54) is 26.1 Å². The Morgan fingerprint density at radius 3 is 2.50 bits per heavy atom. The molecule has 0 spiro atoms. The van der Waals surface area contributed by atoms with E-state index in [9.17, 15) is 0 Å². The van der Waals surface area contributed by atoms with Gasteiger partial charge in [0, 0.05) is 20.8 Å². The lowest BCUT2D eigenvalue weighted by Crippen LogP contribution is -1.90. The SMILES string of the molecule is NCc1ccc(-c2ccc3cc(Br)ccc3c2)s1. The van der Waals surface area contributed by atoms with Crippen molar-refractivity contribution in [2.75, 3.05) is 0 Å². The molecule has 0 unspecified atom stereocenters. The van der Waals surface area contributed by atoms with Crippen molar-refractivity contribution in [3.8, 4) is 10.4 Å². The Morgan fingerprint density at radius 2 is 1.72 bits per heavy atom. The van der Waals surface area contributed by atoms with Gasteiger partial charge in [-0.1, -0.05) is 34.1 Å². The number of benzene rings is 2. The van der Waals surface area contributed by atoms with E-state index in [1.54, 1.807) is 11.3 Å². The second-order valence-electron chi connectivity index (χ2n) is 4.18. The monoisotopic (exact) mass is 317 g/mol. The minimum absolute atomic E-state index is 0.616. The molecule has 1 nitrogen and oxygen atoms in total. The summed E-state index contributed by atoms with van der Waals surface area (Å²) in [5, 5.41) is 2.52. The maximum absolute atomic E-state index is 5.65. The van der Waals surface area contributed by atoms with Crippen LogP contribution in [0.5, 0.6) is 0 Å². The van der Waals surface area contributed by atoms with Crippen molar-refractivity contribution in [1.82, 2.24) is 0 Å². The van der Waals surface area contributed by atoms with Crippen LogP contribution in [0.3, 0.4) is 0 Å². The van der Waals surface area contributed by atoms with E-state index in [1.807, 2.05) is 0 Å². The molecule has 0 atom stereocenters. The molecule has 0 aliphatic heterocycles. The van der Waals surface area contributed by atoms with Gasteiger partial charge < -0.3 is 5.73 Å². The maximum Gasteiger partial charge on any atom is 0.0346 e. The molecule has 3 heteroatoms. The molecule has 18 heavy (non-hydrogen) atoms. The Labute approximate surface area is 118 Å². The highest BCUT2D eigenvalue weighted by atomic mass is 79.9. The average Bonchev–Trinajstić information content (AvgIpc) is 2.87. The third-order valence-corrected chi connectivity index (χ3v) is 4.60. The largest absolute Gasteiger partial charge is 0.326 e. The lowest BCUT2D eigenvalue weighted by Gasteiger charge is -2.02. The van der Waals surface area contributed by atoms with E-state index in [0.29, 0.717) is 6.54 Å². The predicted octanol–water partition coefficient (Wildman–Crippen LogP) is 4.79. The fraction of sp³-hybridized carbons (Fsp3) is 0.0667. The smallest absolute Gasteiger partial charge is 0.0346 e. The van der Waals surface area contributed by atoms with Gasteiger partial charge in [0.1, 0.15) is 0 Å². The number of hydrogen-bond donors (Lipinski definition) is 1. The minimum Gasteiger partial charge on any atom is -0.326 e. The highest BCUT2D eigenvalue weighted by Crippen LogP contribution is 2.31. The zero-order chi connectivity index (χ0) is 12.5. The normalized spacial score (nSPS) is 11.0. The molecule has 2 N–H and O–H groups in total. The average molecular weight is 318 g/mol. The predicted molar refractivity (Wildman–Crippen MR) is 82.9 cm³/mol. The quantitative estimate of drug-likeness (QED) is 0.722. The molecule has 0 saturated heterocycles. The van der Waals surface area contributed by atoms with Crippen molar-refractivity contribution in [3.63, 3.8) is 0 Å². The molecule has 2 aromatic carbocycles. The van der Waals surface area contributed by atoms with E-state index in [2.05, 4.69) is 64.5 Å². The van der Waals surface area contributed by atoms with Gasteiger partial charge in [-0.2, -0.15) is 0 Å². The van der Waals surface area contributed by atoms with Crippen LogP contribution in [-0.4, -0.2) is 0 Å². The number of hydrogen-bond acceptors (Lipinski definition) is 2. The van der Waals surface area contributed by atoms with Crippen LogP contribution in [0.15, 0.2) is 53.0 Å². The van der Waals surface area contributed by atoms with Gasteiger partial charge in [0.25, 0.3) is 0 Å². The summed E-state index contributed by atoms with van der Waals surface area (Å²) in [5.41, 5.74) is 6.91. The summed E-state index contributed by atoms with van der Waals surface area (Å²) in [4.78, 5) is 2.50. The highest BCUT2D eigenvalue weighted by molar-refractivity contribution is 9.10. The molecule has 0 saturated carbocycles. The van der Waals surface area contributed by atoms with Gasteiger partial charge in [0.05, 0.1) is 0 Å². The lowest BCUT2D eigenvalue weighted by molar-refractivity contribution is 1.11. The Kier molecular flexibility index (Phi) is 3.20. The van der Waals surface area contributed by atoms with Crippen LogP contribution in [0.4, 0.5) is 0 Å². The van der Waals surface area contributed by atoms with E-state index in [-0.39, 0.29) is 0 Å². The summed E-state index contributed by atoms with van der Waals surface area (Å²) in [6.45, 7) is 0.616. The van der Waals surface area contributed by atoms with E-state index in [0.717, 1.165) is 4.47 Å². The van der Waals surface area contributed by atoms with Crippen molar-refractivity contribution < 1.29 is 0 Å². The molecule has 1 aromatic heterocycles. The topological polar surface area (TPSA) is 26.0 Å². The van der Waals surface area contributed by atoms with Gasteiger partial charge in [0.15, 0.2) is 0 Å². The number of nitrogens with two attached hydrogens (primary N) is 1. The molecule has 90 valence electrons. The summed E-state index contributed by atoms with van der Waals surface area (Å²) in [6, 6.07) is 17.2. The fourth-order valence-electron chi connectivity index (χ4n) is 2.01. The zero-order valence-electron chi connectivity index (χ0n) is 9.69. The van der Waals surface area contributed by atoms with E-state index in [4.69, 9.17) is 5.73 Å². The summed E-state index contributed by atoms with van der Waals surface area (Å²) in [7, 11) is 0. The molecule has 0 fully saturated rings. The first kappa shape index (κ1) is 11.9. The van der Waals surface area contributed by atoms with Crippen LogP contribution < -0.4 is 5.73 Å². The molecule has 1 heterocycles.